The summed E-state index contributed by atoms with van der Waals surface area (Å²) in [5.41, 5.74) is 0.493. The Balaban J connectivity index is 0.00000529. The molecule has 1 rings (SSSR count). The summed E-state index contributed by atoms with van der Waals surface area (Å²) >= 11 is 5.99. The van der Waals surface area contributed by atoms with Crippen molar-refractivity contribution in [1.29, 1.82) is 0 Å². The van der Waals surface area contributed by atoms with Gasteiger partial charge in [-0.2, -0.15) is 0 Å². The van der Waals surface area contributed by atoms with Crippen molar-refractivity contribution in [2.75, 3.05) is 26.7 Å². The van der Waals surface area contributed by atoms with Crippen molar-refractivity contribution in [2.24, 2.45) is 4.99 Å². The molecule has 0 unspecified atom stereocenters. The zero-order valence-corrected chi connectivity index (χ0v) is 17.5. The largest absolute Gasteiger partial charge is 0.356 e. The SMILES string of the molecule is CCCCCCNC(=NC)NCCNC(=O)c1ccccc1Cl.I. The lowest BCUT2D eigenvalue weighted by Crippen LogP contribution is -2.41. The van der Waals surface area contributed by atoms with E-state index in [4.69, 9.17) is 11.6 Å². The minimum Gasteiger partial charge on any atom is -0.356 e. The Bertz CT molecular complexity index is 511. The maximum Gasteiger partial charge on any atom is 0.252 e. The first-order valence-corrected chi connectivity index (χ1v) is 8.54. The Morgan fingerprint density at radius 1 is 1.04 bits per heavy atom. The van der Waals surface area contributed by atoms with Gasteiger partial charge in [0, 0.05) is 26.7 Å². The highest BCUT2D eigenvalue weighted by Gasteiger charge is 2.08. The van der Waals surface area contributed by atoms with Crippen molar-refractivity contribution in [3.05, 3.63) is 34.9 Å². The van der Waals surface area contributed by atoms with Crippen molar-refractivity contribution in [2.45, 2.75) is 32.6 Å². The summed E-state index contributed by atoms with van der Waals surface area (Å²) in [6.07, 6.45) is 4.87. The molecule has 0 saturated heterocycles. The minimum atomic E-state index is -0.167. The quantitative estimate of drug-likeness (QED) is 0.226. The van der Waals surface area contributed by atoms with E-state index in [1.54, 1.807) is 31.3 Å². The second kappa shape index (κ2) is 14.3. The number of amides is 1. The second-order valence-corrected chi connectivity index (χ2v) is 5.63. The highest BCUT2D eigenvalue weighted by Crippen LogP contribution is 2.14. The number of nitrogens with zero attached hydrogens (tertiary/aromatic N) is 1. The van der Waals surface area contributed by atoms with Gasteiger partial charge in [-0.05, 0) is 18.6 Å². The summed E-state index contributed by atoms with van der Waals surface area (Å²) in [6.45, 7) is 4.21. The Kier molecular flexibility index (Phi) is 13.7. The van der Waals surface area contributed by atoms with E-state index < -0.39 is 0 Å². The van der Waals surface area contributed by atoms with E-state index in [-0.39, 0.29) is 29.9 Å². The van der Waals surface area contributed by atoms with Crippen LogP contribution < -0.4 is 16.0 Å². The van der Waals surface area contributed by atoms with Crippen LogP contribution in [0, 0.1) is 0 Å². The molecule has 0 aliphatic rings. The van der Waals surface area contributed by atoms with E-state index in [0.717, 1.165) is 18.9 Å². The van der Waals surface area contributed by atoms with E-state index in [2.05, 4.69) is 27.9 Å². The molecule has 0 fully saturated rings. The predicted molar refractivity (Wildman–Crippen MR) is 113 cm³/mol. The molecule has 0 aliphatic heterocycles. The Hall–Kier alpha value is -1.02. The third-order valence-corrected chi connectivity index (χ3v) is 3.70. The normalized spacial score (nSPS) is 10.7. The van der Waals surface area contributed by atoms with Crippen LogP contribution in [0.5, 0.6) is 0 Å². The van der Waals surface area contributed by atoms with E-state index in [1.165, 1.54) is 19.3 Å². The number of carbonyl (C=O) groups is 1. The van der Waals surface area contributed by atoms with Crippen molar-refractivity contribution in [3.63, 3.8) is 0 Å². The van der Waals surface area contributed by atoms with Gasteiger partial charge in [0.1, 0.15) is 0 Å². The van der Waals surface area contributed by atoms with Gasteiger partial charge in [0.05, 0.1) is 10.6 Å². The molecule has 1 amide bonds. The van der Waals surface area contributed by atoms with Gasteiger partial charge in [-0.1, -0.05) is 49.9 Å². The van der Waals surface area contributed by atoms with Crippen LogP contribution in [-0.2, 0) is 0 Å². The lowest BCUT2D eigenvalue weighted by molar-refractivity contribution is 0.0954. The molecule has 0 atom stereocenters. The highest BCUT2D eigenvalue weighted by molar-refractivity contribution is 14.0. The van der Waals surface area contributed by atoms with Crippen molar-refractivity contribution in [1.82, 2.24) is 16.0 Å². The average molecular weight is 467 g/mol. The molecule has 1 aromatic rings. The van der Waals surface area contributed by atoms with Crippen molar-refractivity contribution >= 4 is 47.4 Å². The van der Waals surface area contributed by atoms with Crippen LogP contribution in [0.3, 0.4) is 0 Å². The Morgan fingerprint density at radius 2 is 1.71 bits per heavy atom. The molecule has 0 spiro atoms. The molecule has 0 aliphatic carbocycles. The van der Waals surface area contributed by atoms with E-state index in [1.807, 2.05) is 0 Å². The summed E-state index contributed by atoms with van der Waals surface area (Å²) < 4.78 is 0. The van der Waals surface area contributed by atoms with Crippen LogP contribution in [-0.4, -0.2) is 38.5 Å². The van der Waals surface area contributed by atoms with Gasteiger partial charge < -0.3 is 16.0 Å². The molecule has 0 heterocycles. The van der Waals surface area contributed by atoms with Crippen LogP contribution in [0.1, 0.15) is 43.0 Å². The number of hydrogen-bond acceptors (Lipinski definition) is 2. The van der Waals surface area contributed by atoms with Crippen molar-refractivity contribution < 1.29 is 4.79 Å². The summed E-state index contributed by atoms with van der Waals surface area (Å²) in [7, 11) is 1.74. The number of nitrogens with one attached hydrogen (secondary N) is 3. The van der Waals surface area contributed by atoms with Gasteiger partial charge in [0.2, 0.25) is 0 Å². The summed E-state index contributed by atoms with van der Waals surface area (Å²) in [5.74, 6) is 0.591. The van der Waals surface area contributed by atoms with E-state index in [9.17, 15) is 4.79 Å². The molecule has 0 aromatic heterocycles. The number of unbranched alkanes of at least 4 members (excludes halogenated alkanes) is 3. The maximum atomic E-state index is 12.0. The molecule has 3 N–H and O–H groups in total. The number of halogens is 2. The summed E-state index contributed by atoms with van der Waals surface area (Å²) in [5, 5.41) is 9.73. The zero-order valence-electron chi connectivity index (χ0n) is 14.4. The number of benzene rings is 1. The topological polar surface area (TPSA) is 65.5 Å². The molecule has 0 radical (unpaired) electrons. The summed E-state index contributed by atoms with van der Waals surface area (Å²) in [4.78, 5) is 16.1. The number of rotatable bonds is 9. The van der Waals surface area contributed by atoms with Gasteiger partial charge in [-0.3, -0.25) is 9.79 Å². The average Bonchev–Trinajstić information content (AvgIpc) is 2.56. The van der Waals surface area contributed by atoms with Gasteiger partial charge in [0.15, 0.2) is 5.96 Å². The molecular formula is C17H28ClIN4O. The molecule has 5 nitrogen and oxygen atoms in total. The number of guanidine groups is 1. The molecule has 0 bridgehead atoms. The van der Waals surface area contributed by atoms with Crippen molar-refractivity contribution in [3.8, 4) is 0 Å². The Labute approximate surface area is 167 Å². The molecule has 7 heteroatoms. The zero-order chi connectivity index (χ0) is 16.9. The third kappa shape index (κ3) is 9.32. The lowest BCUT2D eigenvalue weighted by atomic mass is 10.2. The van der Waals surface area contributed by atoms with E-state index >= 15 is 0 Å². The number of hydrogen-bond donors (Lipinski definition) is 3. The first-order valence-electron chi connectivity index (χ1n) is 8.16. The number of aliphatic imine (C=N–C) groups is 1. The third-order valence-electron chi connectivity index (χ3n) is 3.37. The smallest absolute Gasteiger partial charge is 0.252 e. The first kappa shape index (κ1) is 23.0. The van der Waals surface area contributed by atoms with Crippen LogP contribution in [0.2, 0.25) is 5.02 Å². The van der Waals surface area contributed by atoms with Crippen LogP contribution >= 0.6 is 35.6 Å². The molecule has 136 valence electrons. The predicted octanol–water partition coefficient (Wildman–Crippen LogP) is 3.43. The van der Waals surface area contributed by atoms with Gasteiger partial charge in [-0.25, -0.2) is 0 Å². The standard InChI is InChI=1S/C17H27ClN4O.HI/c1-3-4-5-8-11-21-17(19-2)22-13-12-20-16(23)14-9-6-7-10-15(14)18;/h6-7,9-10H,3-5,8,11-13H2,1-2H3,(H,20,23)(H2,19,21,22);1H. The minimum absolute atomic E-state index is 0. The van der Waals surface area contributed by atoms with Crippen LogP contribution in [0.4, 0.5) is 0 Å². The molecular weight excluding hydrogens is 439 g/mol. The van der Waals surface area contributed by atoms with Crippen LogP contribution in [0.25, 0.3) is 0 Å². The maximum absolute atomic E-state index is 12.0. The lowest BCUT2D eigenvalue weighted by Gasteiger charge is -2.12. The molecule has 0 saturated carbocycles. The first-order chi connectivity index (χ1) is 11.2. The fourth-order valence-electron chi connectivity index (χ4n) is 2.08. The van der Waals surface area contributed by atoms with Gasteiger partial charge in [-0.15, -0.1) is 24.0 Å². The molecule has 24 heavy (non-hydrogen) atoms. The number of carbonyl (C=O) groups excluding carboxylic acids is 1. The van der Waals surface area contributed by atoms with Crippen LogP contribution in [0.15, 0.2) is 29.3 Å². The fraction of sp³-hybridized carbons (Fsp3) is 0.529. The summed E-state index contributed by atoms with van der Waals surface area (Å²) in [6, 6.07) is 7.01. The van der Waals surface area contributed by atoms with E-state index in [0.29, 0.717) is 23.7 Å². The second-order valence-electron chi connectivity index (χ2n) is 5.22. The highest BCUT2D eigenvalue weighted by atomic mass is 127. The van der Waals surface area contributed by atoms with Gasteiger partial charge in [0.25, 0.3) is 5.91 Å². The monoisotopic (exact) mass is 466 g/mol. The molecule has 1 aromatic carbocycles. The van der Waals surface area contributed by atoms with Gasteiger partial charge >= 0.3 is 0 Å². The fourth-order valence-corrected chi connectivity index (χ4v) is 2.30. The Morgan fingerprint density at radius 3 is 2.38 bits per heavy atom.